The van der Waals surface area contributed by atoms with Gasteiger partial charge < -0.3 is 5.73 Å². The molecule has 0 radical (unpaired) electrons. The molecule has 0 spiro atoms. The van der Waals surface area contributed by atoms with Gasteiger partial charge in [0.25, 0.3) is 0 Å². The number of halogens is 3. The van der Waals surface area contributed by atoms with Crippen molar-refractivity contribution in [1.82, 2.24) is 9.78 Å². The van der Waals surface area contributed by atoms with Gasteiger partial charge in [0.1, 0.15) is 5.69 Å². The molecule has 6 heteroatoms. The van der Waals surface area contributed by atoms with Gasteiger partial charge in [-0.25, -0.2) is 0 Å². The second-order valence-electron chi connectivity index (χ2n) is 2.87. The number of hydrogen-bond acceptors (Lipinski definition) is 2. The molecular formula is C8H12F3N3. The van der Waals surface area contributed by atoms with Crippen LogP contribution < -0.4 is 5.73 Å². The van der Waals surface area contributed by atoms with E-state index in [1.54, 1.807) is 6.92 Å². The van der Waals surface area contributed by atoms with Crippen molar-refractivity contribution in [2.45, 2.75) is 26.1 Å². The summed E-state index contributed by atoms with van der Waals surface area (Å²) >= 11 is 0. The Morgan fingerprint density at radius 2 is 2.14 bits per heavy atom. The molecule has 0 aromatic carbocycles. The molecule has 1 heterocycles. The minimum Gasteiger partial charge on any atom is -0.330 e. The number of rotatable bonds is 3. The normalized spacial score (nSPS) is 12.1. The van der Waals surface area contributed by atoms with E-state index in [-0.39, 0.29) is 6.54 Å². The highest BCUT2D eigenvalue weighted by Crippen LogP contribution is 2.29. The van der Waals surface area contributed by atoms with E-state index in [2.05, 4.69) is 5.10 Å². The van der Waals surface area contributed by atoms with Crippen LogP contribution in [0.4, 0.5) is 13.2 Å². The first-order chi connectivity index (χ1) is 6.49. The summed E-state index contributed by atoms with van der Waals surface area (Å²) in [7, 11) is 0. The van der Waals surface area contributed by atoms with Crippen molar-refractivity contribution >= 4 is 0 Å². The first kappa shape index (κ1) is 11.0. The molecule has 80 valence electrons. The molecule has 0 amide bonds. The van der Waals surface area contributed by atoms with Crippen molar-refractivity contribution in [1.29, 1.82) is 0 Å². The predicted molar refractivity (Wildman–Crippen MR) is 45.7 cm³/mol. The lowest BCUT2D eigenvalue weighted by Gasteiger charge is -2.07. The zero-order valence-corrected chi connectivity index (χ0v) is 7.80. The van der Waals surface area contributed by atoms with Crippen LogP contribution in [0.1, 0.15) is 18.3 Å². The second kappa shape index (κ2) is 4.00. The van der Waals surface area contributed by atoms with E-state index in [0.29, 0.717) is 18.7 Å². The molecule has 0 fully saturated rings. The Balaban J connectivity index is 3.02. The summed E-state index contributed by atoms with van der Waals surface area (Å²) in [4.78, 5) is 0. The summed E-state index contributed by atoms with van der Waals surface area (Å²) in [6, 6.07) is 1.05. The fourth-order valence-corrected chi connectivity index (χ4v) is 1.21. The van der Waals surface area contributed by atoms with Crippen LogP contribution in [-0.4, -0.2) is 16.3 Å². The molecular weight excluding hydrogens is 195 g/mol. The average Bonchev–Trinajstić information content (AvgIpc) is 2.47. The molecule has 0 bridgehead atoms. The van der Waals surface area contributed by atoms with Gasteiger partial charge in [-0.1, -0.05) is 0 Å². The molecule has 3 nitrogen and oxygen atoms in total. The summed E-state index contributed by atoms with van der Waals surface area (Å²) < 4.78 is 38.1. The Hall–Kier alpha value is -1.04. The first-order valence-corrected chi connectivity index (χ1v) is 4.33. The van der Waals surface area contributed by atoms with Crippen molar-refractivity contribution in [3.63, 3.8) is 0 Å². The Bertz CT molecular complexity index is 303. The molecule has 0 saturated heterocycles. The van der Waals surface area contributed by atoms with E-state index in [0.717, 1.165) is 10.7 Å². The smallest absolute Gasteiger partial charge is 0.330 e. The number of aromatic nitrogens is 2. The SMILES string of the molecule is CCn1nc(CCN)cc1C(F)(F)F. The number of hydrogen-bond donors (Lipinski definition) is 1. The zero-order valence-electron chi connectivity index (χ0n) is 7.80. The van der Waals surface area contributed by atoms with Crippen LogP contribution in [0, 0.1) is 0 Å². The molecule has 1 aromatic rings. The highest BCUT2D eigenvalue weighted by atomic mass is 19.4. The maximum Gasteiger partial charge on any atom is 0.433 e. The van der Waals surface area contributed by atoms with Crippen LogP contribution in [0.15, 0.2) is 6.07 Å². The van der Waals surface area contributed by atoms with E-state index in [1.807, 2.05) is 0 Å². The molecule has 1 aromatic heterocycles. The number of aryl methyl sites for hydroxylation is 1. The van der Waals surface area contributed by atoms with Crippen molar-refractivity contribution in [3.8, 4) is 0 Å². The molecule has 0 aliphatic rings. The van der Waals surface area contributed by atoms with Crippen LogP contribution in [0.5, 0.6) is 0 Å². The van der Waals surface area contributed by atoms with Gasteiger partial charge in [0.05, 0.1) is 5.69 Å². The highest BCUT2D eigenvalue weighted by molar-refractivity contribution is 5.13. The van der Waals surface area contributed by atoms with E-state index < -0.39 is 11.9 Å². The van der Waals surface area contributed by atoms with Crippen molar-refractivity contribution < 1.29 is 13.2 Å². The summed E-state index contributed by atoms with van der Waals surface area (Å²) in [5.74, 6) is 0. The standard InChI is InChI=1S/C8H12F3N3/c1-2-14-7(8(9,10)11)5-6(13-14)3-4-12/h5H,2-4,12H2,1H3. The van der Waals surface area contributed by atoms with Crippen LogP contribution in [0.25, 0.3) is 0 Å². The van der Waals surface area contributed by atoms with Crippen molar-refractivity contribution in [2.24, 2.45) is 5.73 Å². The molecule has 14 heavy (non-hydrogen) atoms. The van der Waals surface area contributed by atoms with Crippen LogP contribution >= 0.6 is 0 Å². The summed E-state index contributed by atoms with van der Waals surface area (Å²) in [5.41, 5.74) is 4.93. The Kier molecular flexibility index (Phi) is 3.15. The minimum absolute atomic E-state index is 0.208. The molecule has 0 saturated carbocycles. The minimum atomic E-state index is -4.34. The Labute approximate surface area is 79.7 Å². The predicted octanol–water partition coefficient (Wildman–Crippen LogP) is 1.42. The fraction of sp³-hybridized carbons (Fsp3) is 0.625. The van der Waals surface area contributed by atoms with Crippen molar-refractivity contribution in [3.05, 3.63) is 17.5 Å². The third-order valence-electron chi connectivity index (χ3n) is 1.82. The second-order valence-corrected chi connectivity index (χ2v) is 2.87. The van der Waals surface area contributed by atoms with Gasteiger partial charge in [0.15, 0.2) is 0 Å². The van der Waals surface area contributed by atoms with Gasteiger partial charge in [-0.15, -0.1) is 0 Å². The monoisotopic (exact) mass is 207 g/mol. The molecule has 0 atom stereocenters. The third-order valence-corrected chi connectivity index (χ3v) is 1.82. The van der Waals surface area contributed by atoms with E-state index in [9.17, 15) is 13.2 Å². The molecule has 0 aliphatic carbocycles. The lowest BCUT2D eigenvalue weighted by Crippen LogP contribution is -2.13. The van der Waals surface area contributed by atoms with E-state index in [1.165, 1.54) is 0 Å². The fourth-order valence-electron chi connectivity index (χ4n) is 1.21. The Morgan fingerprint density at radius 3 is 2.50 bits per heavy atom. The maximum absolute atomic E-state index is 12.4. The quantitative estimate of drug-likeness (QED) is 0.814. The highest BCUT2D eigenvalue weighted by Gasteiger charge is 2.35. The van der Waals surface area contributed by atoms with Gasteiger partial charge in [-0.2, -0.15) is 18.3 Å². The van der Waals surface area contributed by atoms with Gasteiger partial charge >= 0.3 is 6.18 Å². The van der Waals surface area contributed by atoms with Crippen LogP contribution in [0.2, 0.25) is 0 Å². The number of nitrogens with zero attached hydrogens (tertiary/aromatic N) is 2. The van der Waals surface area contributed by atoms with Crippen LogP contribution in [-0.2, 0) is 19.1 Å². The van der Waals surface area contributed by atoms with Crippen molar-refractivity contribution in [2.75, 3.05) is 6.54 Å². The number of alkyl halides is 3. The van der Waals surface area contributed by atoms with Crippen LogP contribution in [0.3, 0.4) is 0 Å². The first-order valence-electron chi connectivity index (χ1n) is 4.33. The third kappa shape index (κ3) is 2.25. The van der Waals surface area contributed by atoms with E-state index >= 15 is 0 Å². The van der Waals surface area contributed by atoms with Gasteiger partial charge in [0, 0.05) is 13.0 Å². The largest absolute Gasteiger partial charge is 0.433 e. The molecule has 1 rings (SSSR count). The lowest BCUT2D eigenvalue weighted by molar-refractivity contribution is -0.144. The topological polar surface area (TPSA) is 43.8 Å². The molecule has 0 unspecified atom stereocenters. The molecule has 2 N–H and O–H groups in total. The Morgan fingerprint density at radius 1 is 1.50 bits per heavy atom. The van der Waals surface area contributed by atoms with Gasteiger partial charge in [-0.05, 0) is 19.5 Å². The zero-order chi connectivity index (χ0) is 10.8. The number of nitrogens with two attached hydrogens (primary N) is 1. The summed E-state index contributed by atoms with van der Waals surface area (Å²) in [5, 5.41) is 3.80. The average molecular weight is 207 g/mol. The maximum atomic E-state index is 12.4. The lowest BCUT2D eigenvalue weighted by atomic mass is 10.3. The molecule has 0 aliphatic heterocycles. The summed E-state index contributed by atoms with van der Waals surface area (Å²) in [6.07, 6.45) is -3.97. The summed E-state index contributed by atoms with van der Waals surface area (Å²) in [6.45, 7) is 2.13. The van der Waals surface area contributed by atoms with Gasteiger partial charge in [0.2, 0.25) is 0 Å². The van der Waals surface area contributed by atoms with Gasteiger partial charge in [-0.3, -0.25) is 4.68 Å². The van der Waals surface area contributed by atoms with E-state index in [4.69, 9.17) is 5.73 Å².